The van der Waals surface area contributed by atoms with Gasteiger partial charge < -0.3 is 10.6 Å². The number of halogens is 1. The third kappa shape index (κ3) is 5.14. The van der Waals surface area contributed by atoms with Gasteiger partial charge in [-0.25, -0.2) is 0 Å². The van der Waals surface area contributed by atoms with Crippen molar-refractivity contribution in [2.24, 2.45) is 5.73 Å². The fourth-order valence-corrected chi connectivity index (χ4v) is 1.38. The van der Waals surface area contributed by atoms with Crippen LogP contribution in [0.25, 0.3) is 0 Å². The minimum atomic E-state index is -0.0734. The quantitative estimate of drug-likeness (QED) is 0.875. The van der Waals surface area contributed by atoms with Crippen LogP contribution < -0.4 is 5.73 Å². The summed E-state index contributed by atoms with van der Waals surface area (Å²) in [4.78, 5) is 13.3. The zero-order valence-corrected chi connectivity index (χ0v) is 10.5. The Morgan fingerprint density at radius 3 is 2.44 bits per heavy atom. The van der Waals surface area contributed by atoms with Crippen LogP contribution in [0.15, 0.2) is 30.3 Å². The molecule has 0 fully saturated rings. The van der Waals surface area contributed by atoms with Crippen LogP contribution in [0, 0.1) is 0 Å². The standard InChI is InChI=1S/C12H18N2O.ClH/c1-10(13)8-12(15)14(2)9-11-6-4-3-5-7-11;/h3-7,10H,8-9,13H2,1-2H3;1H. The summed E-state index contributed by atoms with van der Waals surface area (Å²) in [5, 5.41) is 0. The summed E-state index contributed by atoms with van der Waals surface area (Å²) in [5.41, 5.74) is 6.71. The van der Waals surface area contributed by atoms with Gasteiger partial charge in [0, 0.05) is 26.1 Å². The molecule has 1 unspecified atom stereocenters. The molecule has 90 valence electrons. The molecule has 0 aliphatic heterocycles. The van der Waals surface area contributed by atoms with Crippen molar-refractivity contribution in [3.05, 3.63) is 35.9 Å². The maximum Gasteiger partial charge on any atom is 0.224 e. The molecule has 4 heteroatoms. The molecule has 0 aliphatic carbocycles. The summed E-state index contributed by atoms with van der Waals surface area (Å²) in [6.07, 6.45) is 0.406. The Balaban J connectivity index is 0.00000225. The average Bonchev–Trinajstić information content (AvgIpc) is 2.18. The predicted molar refractivity (Wildman–Crippen MR) is 68.4 cm³/mol. The summed E-state index contributed by atoms with van der Waals surface area (Å²) in [6, 6.07) is 9.85. The lowest BCUT2D eigenvalue weighted by Crippen LogP contribution is -2.31. The number of amides is 1. The molecule has 1 amide bonds. The molecule has 0 saturated carbocycles. The minimum Gasteiger partial charge on any atom is -0.341 e. The van der Waals surface area contributed by atoms with Crippen LogP contribution in [-0.2, 0) is 11.3 Å². The summed E-state index contributed by atoms with van der Waals surface area (Å²) in [7, 11) is 1.80. The van der Waals surface area contributed by atoms with Crippen molar-refractivity contribution in [2.75, 3.05) is 7.05 Å². The van der Waals surface area contributed by atoms with Gasteiger partial charge in [-0.1, -0.05) is 30.3 Å². The van der Waals surface area contributed by atoms with E-state index in [0.29, 0.717) is 13.0 Å². The van der Waals surface area contributed by atoms with Crippen LogP contribution in [0.2, 0.25) is 0 Å². The molecule has 0 bridgehead atoms. The van der Waals surface area contributed by atoms with Gasteiger partial charge in [0.25, 0.3) is 0 Å². The molecule has 0 aliphatic rings. The first-order valence-corrected chi connectivity index (χ1v) is 5.13. The highest BCUT2D eigenvalue weighted by atomic mass is 35.5. The van der Waals surface area contributed by atoms with E-state index in [0.717, 1.165) is 5.56 Å². The van der Waals surface area contributed by atoms with Crippen LogP contribution in [0.1, 0.15) is 18.9 Å². The number of benzene rings is 1. The number of hydrogen-bond acceptors (Lipinski definition) is 2. The molecule has 16 heavy (non-hydrogen) atoms. The van der Waals surface area contributed by atoms with Gasteiger partial charge in [-0.15, -0.1) is 12.4 Å². The van der Waals surface area contributed by atoms with E-state index in [1.165, 1.54) is 0 Å². The van der Waals surface area contributed by atoms with E-state index in [-0.39, 0.29) is 24.4 Å². The second-order valence-electron chi connectivity index (χ2n) is 3.92. The highest BCUT2D eigenvalue weighted by molar-refractivity contribution is 5.85. The van der Waals surface area contributed by atoms with E-state index in [4.69, 9.17) is 5.73 Å². The van der Waals surface area contributed by atoms with Crippen molar-refractivity contribution < 1.29 is 4.79 Å². The monoisotopic (exact) mass is 242 g/mol. The van der Waals surface area contributed by atoms with Gasteiger partial charge in [0.2, 0.25) is 5.91 Å². The van der Waals surface area contributed by atoms with Crippen molar-refractivity contribution in [3.63, 3.8) is 0 Å². The van der Waals surface area contributed by atoms with Crippen molar-refractivity contribution in [2.45, 2.75) is 25.9 Å². The number of carbonyl (C=O) groups excluding carboxylic acids is 1. The zero-order valence-electron chi connectivity index (χ0n) is 9.72. The highest BCUT2D eigenvalue weighted by Gasteiger charge is 2.10. The molecule has 0 saturated heterocycles. The zero-order chi connectivity index (χ0) is 11.3. The first-order valence-electron chi connectivity index (χ1n) is 5.13. The molecule has 1 aromatic carbocycles. The Morgan fingerprint density at radius 1 is 1.38 bits per heavy atom. The smallest absolute Gasteiger partial charge is 0.224 e. The molecule has 3 nitrogen and oxygen atoms in total. The molecular weight excluding hydrogens is 224 g/mol. The molecular formula is C12H19ClN2O. The molecule has 1 aromatic rings. The Kier molecular flexibility index (Phi) is 6.77. The summed E-state index contributed by atoms with van der Waals surface area (Å²) < 4.78 is 0. The SMILES string of the molecule is CC(N)CC(=O)N(C)Cc1ccccc1.Cl. The lowest BCUT2D eigenvalue weighted by Gasteiger charge is -2.18. The molecule has 1 atom stereocenters. The van der Waals surface area contributed by atoms with Crippen molar-refractivity contribution in [3.8, 4) is 0 Å². The van der Waals surface area contributed by atoms with Crippen molar-refractivity contribution >= 4 is 18.3 Å². The predicted octanol–water partition coefficient (Wildman–Crippen LogP) is 1.80. The number of carbonyl (C=O) groups is 1. The van der Waals surface area contributed by atoms with E-state index in [9.17, 15) is 4.79 Å². The van der Waals surface area contributed by atoms with Crippen LogP contribution in [0.3, 0.4) is 0 Å². The highest BCUT2D eigenvalue weighted by Crippen LogP contribution is 2.04. The number of nitrogens with zero attached hydrogens (tertiary/aromatic N) is 1. The Hall–Kier alpha value is -1.06. The summed E-state index contributed by atoms with van der Waals surface area (Å²) in [5.74, 6) is 0.0915. The van der Waals surface area contributed by atoms with E-state index < -0.39 is 0 Å². The van der Waals surface area contributed by atoms with Crippen molar-refractivity contribution in [1.29, 1.82) is 0 Å². The van der Waals surface area contributed by atoms with Gasteiger partial charge >= 0.3 is 0 Å². The molecule has 0 spiro atoms. The van der Waals surface area contributed by atoms with Gasteiger partial charge in [0.15, 0.2) is 0 Å². The summed E-state index contributed by atoms with van der Waals surface area (Å²) >= 11 is 0. The van der Waals surface area contributed by atoms with Gasteiger partial charge in [-0.2, -0.15) is 0 Å². The van der Waals surface area contributed by atoms with Gasteiger partial charge in [-0.05, 0) is 12.5 Å². The third-order valence-electron chi connectivity index (χ3n) is 2.18. The first-order chi connectivity index (χ1) is 7.09. The number of nitrogens with two attached hydrogens (primary N) is 1. The van der Waals surface area contributed by atoms with Crippen LogP contribution in [0.5, 0.6) is 0 Å². The molecule has 1 rings (SSSR count). The fourth-order valence-electron chi connectivity index (χ4n) is 1.38. The molecule has 2 N–H and O–H groups in total. The average molecular weight is 243 g/mol. The Morgan fingerprint density at radius 2 is 1.94 bits per heavy atom. The topological polar surface area (TPSA) is 46.3 Å². The van der Waals surface area contributed by atoms with Gasteiger partial charge in [0.1, 0.15) is 0 Å². The second-order valence-corrected chi connectivity index (χ2v) is 3.92. The second kappa shape index (κ2) is 7.25. The normalized spacial score (nSPS) is 11.4. The van der Waals surface area contributed by atoms with Crippen LogP contribution in [-0.4, -0.2) is 23.9 Å². The van der Waals surface area contributed by atoms with Crippen LogP contribution in [0.4, 0.5) is 0 Å². The minimum absolute atomic E-state index is 0. The maximum atomic E-state index is 11.6. The molecule has 0 radical (unpaired) electrons. The van der Waals surface area contributed by atoms with E-state index in [1.807, 2.05) is 37.3 Å². The lowest BCUT2D eigenvalue weighted by atomic mass is 10.2. The lowest BCUT2D eigenvalue weighted by molar-refractivity contribution is -0.130. The van der Waals surface area contributed by atoms with E-state index in [1.54, 1.807) is 11.9 Å². The van der Waals surface area contributed by atoms with Gasteiger partial charge in [-0.3, -0.25) is 4.79 Å². The Bertz CT molecular complexity index is 314. The first kappa shape index (κ1) is 14.9. The maximum absolute atomic E-state index is 11.6. The van der Waals surface area contributed by atoms with E-state index >= 15 is 0 Å². The van der Waals surface area contributed by atoms with Gasteiger partial charge in [0.05, 0.1) is 0 Å². The summed E-state index contributed by atoms with van der Waals surface area (Å²) in [6.45, 7) is 2.49. The fraction of sp³-hybridized carbons (Fsp3) is 0.417. The van der Waals surface area contributed by atoms with Crippen molar-refractivity contribution in [1.82, 2.24) is 4.90 Å². The largest absolute Gasteiger partial charge is 0.341 e. The Labute approximate surface area is 103 Å². The number of rotatable bonds is 4. The van der Waals surface area contributed by atoms with Crippen LogP contribution >= 0.6 is 12.4 Å². The number of hydrogen-bond donors (Lipinski definition) is 1. The molecule has 0 heterocycles. The third-order valence-corrected chi connectivity index (χ3v) is 2.18. The van der Waals surface area contributed by atoms with E-state index in [2.05, 4.69) is 0 Å². The molecule has 0 aromatic heterocycles.